The number of imidazole rings is 1. The van der Waals surface area contributed by atoms with Gasteiger partial charge in [-0.3, -0.25) is 4.98 Å². The SMILES string of the molecule is CCCNc1nc(C)cn1C(C)c1ccncc1. The summed E-state index contributed by atoms with van der Waals surface area (Å²) in [5.74, 6) is 0.943. The van der Waals surface area contributed by atoms with Crippen LogP contribution < -0.4 is 5.32 Å². The van der Waals surface area contributed by atoms with Crippen LogP contribution in [0.2, 0.25) is 0 Å². The maximum Gasteiger partial charge on any atom is 0.203 e. The fourth-order valence-corrected chi connectivity index (χ4v) is 1.98. The zero-order valence-corrected chi connectivity index (χ0v) is 11.2. The summed E-state index contributed by atoms with van der Waals surface area (Å²) in [5, 5.41) is 3.37. The molecule has 0 aliphatic carbocycles. The van der Waals surface area contributed by atoms with E-state index < -0.39 is 0 Å². The van der Waals surface area contributed by atoms with Crippen LogP contribution in [-0.4, -0.2) is 21.1 Å². The van der Waals surface area contributed by atoms with Gasteiger partial charge in [0.1, 0.15) is 0 Å². The molecule has 0 radical (unpaired) electrons. The van der Waals surface area contributed by atoms with E-state index in [0.717, 1.165) is 24.6 Å². The lowest BCUT2D eigenvalue weighted by Gasteiger charge is -2.17. The van der Waals surface area contributed by atoms with Crippen molar-refractivity contribution in [1.29, 1.82) is 0 Å². The van der Waals surface area contributed by atoms with Gasteiger partial charge in [-0.05, 0) is 38.0 Å². The van der Waals surface area contributed by atoms with Crippen LogP contribution in [0.1, 0.15) is 37.6 Å². The average Bonchev–Trinajstić information content (AvgIpc) is 2.77. The molecule has 1 atom stereocenters. The van der Waals surface area contributed by atoms with Gasteiger partial charge in [-0.2, -0.15) is 0 Å². The van der Waals surface area contributed by atoms with Crippen LogP contribution in [0.3, 0.4) is 0 Å². The van der Waals surface area contributed by atoms with E-state index in [2.05, 4.69) is 39.9 Å². The standard InChI is InChI=1S/C14H20N4/c1-4-7-16-14-17-11(2)10-18(14)12(3)13-5-8-15-9-6-13/h5-6,8-10,12H,4,7H2,1-3H3,(H,16,17). The molecule has 0 spiro atoms. The Morgan fingerprint density at radius 2 is 2.06 bits per heavy atom. The van der Waals surface area contributed by atoms with E-state index in [0.29, 0.717) is 0 Å². The lowest BCUT2D eigenvalue weighted by atomic mass is 10.1. The summed E-state index contributed by atoms with van der Waals surface area (Å²) in [6.45, 7) is 7.29. The van der Waals surface area contributed by atoms with Crippen molar-refractivity contribution in [3.63, 3.8) is 0 Å². The molecule has 0 bridgehead atoms. The van der Waals surface area contributed by atoms with Crippen LogP contribution in [-0.2, 0) is 0 Å². The Balaban J connectivity index is 2.27. The van der Waals surface area contributed by atoms with Gasteiger partial charge in [-0.25, -0.2) is 4.98 Å². The minimum Gasteiger partial charge on any atom is -0.356 e. The maximum absolute atomic E-state index is 4.53. The molecular formula is C14H20N4. The first-order valence-corrected chi connectivity index (χ1v) is 6.41. The third-order valence-electron chi connectivity index (χ3n) is 2.99. The third kappa shape index (κ3) is 2.70. The Hall–Kier alpha value is -1.84. The van der Waals surface area contributed by atoms with E-state index in [9.17, 15) is 0 Å². The van der Waals surface area contributed by atoms with Gasteiger partial charge in [0, 0.05) is 25.1 Å². The number of nitrogens with one attached hydrogen (secondary N) is 1. The van der Waals surface area contributed by atoms with Gasteiger partial charge in [-0.1, -0.05) is 6.92 Å². The van der Waals surface area contributed by atoms with Crippen molar-refractivity contribution in [3.8, 4) is 0 Å². The Kier molecular flexibility index (Phi) is 3.97. The molecule has 0 fully saturated rings. The average molecular weight is 244 g/mol. The number of anilines is 1. The predicted octanol–water partition coefficient (Wildman–Crippen LogP) is 3.02. The molecule has 18 heavy (non-hydrogen) atoms. The molecule has 0 aliphatic rings. The molecule has 0 aromatic carbocycles. The lowest BCUT2D eigenvalue weighted by Crippen LogP contribution is -2.12. The van der Waals surface area contributed by atoms with Crippen LogP contribution in [0.5, 0.6) is 0 Å². The van der Waals surface area contributed by atoms with Gasteiger partial charge >= 0.3 is 0 Å². The molecule has 96 valence electrons. The summed E-state index contributed by atoms with van der Waals surface area (Å²) in [4.78, 5) is 8.59. The minimum absolute atomic E-state index is 0.258. The highest BCUT2D eigenvalue weighted by atomic mass is 15.2. The van der Waals surface area contributed by atoms with Crippen LogP contribution in [0.25, 0.3) is 0 Å². The number of hydrogen-bond acceptors (Lipinski definition) is 3. The monoisotopic (exact) mass is 244 g/mol. The van der Waals surface area contributed by atoms with E-state index in [-0.39, 0.29) is 6.04 Å². The van der Waals surface area contributed by atoms with Crippen LogP contribution in [0.15, 0.2) is 30.7 Å². The van der Waals surface area contributed by atoms with Crippen LogP contribution >= 0.6 is 0 Å². The predicted molar refractivity (Wildman–Crippen MR) is 73.8 cm³/mol. The quantitative estimate of drug-likeness (QED) is 0.879. The molecule has 0 saturated carbocycles. The molecule has 0 amide bonds. The number of pyridine rings is 1. The van der Waals surface area contributed by atoms with Gasteiger partial charge in [0.2, 0.25) is 5.95 Å². The first-order valence-electron chi connectivity index (χ1n) is 6.41. The summed E-state index contributed by atoms with van der Waals surface area (Å²) in [6, 6.07) is 4.35. The van der Waals surface area contributed by atoms with Crippen LogP contribution in [0, 0.1) is 6.92 Å². The van der Waals surface area contributed by atoms with Gasteiger partial charge in [0.25, 0.3) is 0 Å². The molecule has 4 nitrogen and oxygen atoms in total. The van der Waals surface area contributed by atoms with Crippen molar-refractivity contribution in [2.75, 3.05) is 11.9 Å². The third-order valence-corrected chi connectivity index (χ3v) is 2.99. The molecule has 2 rings (SSSR count). The molecule has 2 heterocycles. The van der Waals surface area contributed by atoms with Crippen molar-refractivity contribution in [2.45, 2.75) is 33.2 Å². The second kappa shape index (κ2) is 5.67. The van der Waals surface area contributed by atoms with Gasteiger partial charge in [-0.15, -0.1) is 0 Å². The van der Waals surface area contributed by atoms with Crippen molar-refractivity contribution in [3.05, 3.63) is 42.0 Å². The fraction of sp³-hybridized carbons (Fsp3) is 0.429. The maximum atomic E-state index is 4.53. The summed E-state index contributed by atoms with van der Waals surface area (Å²) in [7, 11) is 0. The molecule has 4 heteroatoms. The largest absolute Gasteiger partial charge is 0.356 e. The normalized spacial score (nSPS) is 12.4. The Labute approximate surface area is 108 Å². The van der Waals surface area contributed by atoms with Gasteiger partial charge < -0.3 is 9.88 Å². The van der Waals surface area contributed by atoms with Crippen molar-refractivity contribution in [2.24, 2.45) is 0 Å². The van der Waals surface area contributed by atoms with Gasteiger partial charge in [0.05, 0.1) is 11.7 Å². The molecule has 1 N–H and O–H groups in total. The molecule has 2 aromatic rings. The zero-order valence-electron chi connectivity index (χ0n) is 11.2. The summed E-state index contributed by atoms with van der Waals surface area (Å²) >= 11 is 0. The Bertz CT molecular complexity index is 490. The number of hydrogen-bond donors (Lipinski definition) is 1. The second-order valence-corrected chi connectivity index (χ2v) is 4.50. The summed E-state index contributed by atoms with van der Waals surface area (Å²) in [6.07, 6.45) is 6.84. The highest BCUT2D eigenvalue weighted by molar-refractivity contribution is 5.32. The zero-order chi connectivity index (χ0) is 13.0. The highest BCUT2D eigenvalue weighted by Gasteiger charge is 2.12. The molecule has 0 saturated heterocycles. The summed E-state index contributed by atoms with van der Waals surface area (Å²) in [5.41, 5.74) is 2.27. The van der Waals surface area contributed by atoms with E-state index in [1.54, 1.807) is 0 Å². The number of nitrogens with zero attached hydrogens (tertiary/aromatic N) is 3. The fourth-order valence-electron chi connectivity index (χ4n) is 1.98. The van der Waals surface area contributed by atoms with E-state index >= 15 is 0 Å². The minimum atomic E-state index is 0.258. The first-order chi connectivity index (χ1) is 8.72. The van der Waals surface area contributed by atoms with Crippen molar-refractivity contribution in [1.82, 2.24) is 14.5 Å². The van der Waals surface area contributed by atoms with Gasteiger partial charge in [0.15, 0.2) is 0 Å². The van der Waals surface area contributed by atoms with Crippen LogP contribution in [0.4, 0.5) is 5.95 Å². The molecule has 2 aromatic heterocycles. The van der Waals surface area contributed by atoms with E-state index in [1.807, 2.05) is 31.5 Å². The smallest absolute Gasteiger partial charge is 0.203 e. The van der Waals surface area contributed by atoms with Crippen molar-refractivity contribution < 1.29 is 0 Å². The highest BCUT2D eigenvalue weighted by Crippen LogP contribution is 2.22. The number of aromatic nitrogens is 3. The van der Waals surface area contributed by atoms with E-state index in [4.69, 9.17) is 0 Å². The Morgan fingerprint density at radius 3 is 2.72 bits per heavy atom. The first kappa shape index (κ1) is 12.6. The molecular weight excluding hydrogens is 224 g/mol. The Morgan fingerprint density at radius 1 is 1.33 bits per heavy atom. The van der Waals surface area contributed by atoms with Crippen molar-refractivity contribution >= 4 is 5.95 Å². The van der Waals surface area contributed by atoms with E-state index in [1.165, 1.54) is 5.56 Å². The summed E-state index contributed by atoms with van der Waals surface area (Å²) < 4.78 is 2.18. The molecule has 1 unspecified atom stereocenters. The number of aryl methyl sites for hydroxylation is 1. The number of rotatable bonds is 5. The molecule has 0 aliphatic heterocycles. The lowest BCUT2D eigenvalue weighted by molar-refractivity contribution is 0.641. The second-order valence-electron chi connectivity index (χ2n) is 4.50. The topological polar surface area (TPSA) is 42.7 Å².